The topological polar surface area (TPSA) is 77.0 Å². The van der Waals surface area contributed by atoms with Crippen molar-refractivity contribution in [1.82, 2.24) is 19.9 Å². The van der Waals surface area contributed by atoms with Gasteiger partial charge in [-0.3, -0.25) is 9.78 Å². The van der Waals surface area contributed by atoms with Gasteiger partial charge in [-0.2, -0.15) is 0 Å². The Labute approximate surface area is 131 Å². The quantitative estimate of drug-likeness (QED) is 0.731. The van der Waals surface area contributed by atoms with E-state index in [1.807, 2.05) is 30.3 Å². The van der Waals surface area contributed by atoms with Crippen LogP contribution in [0.25, 0.3) is 10.9 Å². The predicted molar refractivity (Wildman–Crippen MR) is 84.2 cm³/mol. The number of benzene rings is 1. The van der Waals surface area contributed by atoms with E-state index in [2.05, 4.69) is 19.9 Å². The van der Waals surface area contributed by atoms with Gasteiger partial charge in [0.2, 0.25) is 0 Å². The zero-order valence-corrected chi connectivity index (χ0v) is 12.8. The van der Waals surface area contributed by atoms with E-state index in [-0.39, 0.29) is 5.91 Å². The number of hydrogen-bond donors (Lipinski definition) is 1. The Morgan fingerprint density at radius 2 is 2.18 bits per heavy atom. The molecule has 0 unspecified atom stereocenters. The SMILES string of the molecule is Cc1nnsc1C(=O)NCCOc1cccc2cccnc12. The molecule has 0 saturated heterocycles. The number of ether oxygens (including phenoxy) is 1. The van der Waals surface area contributed by atoms with Gasteiger partial charge >= 0.3 is 0 Å². The van der Waals surface area contributed by atoms with E-state index in [0.717, 1.165) is 22.4 Å². The minimum Gasteiger partial charge on any atom is -0.489 e. The van der Waals surface area contributed by atoms with Gasteiger partial charge in [0, 0.05) is 11.6 Å². The molecule has 0 atom stereocenters. The second-order valence-corrected chi connectivity index (χ2v) is 5.38. The lowest BCUT2D eigenvalue weighted by Gasteiger charge is -2.09. The molecular weight excluding hydrogens is 300 g/mol. The summed E-state index contributed by atoms with van der Waals surface area (Å²) < 4.78 is 9.46. The summed E-state index contributed by atoms with van der Waals surface area (Å²) in [6.07, 6.45) is 1.73. The maximum absolute atomic E-state index is 11.9. The maximum Gasteiger partial charge on any atom is 0.265 e. The molecule has 112 valence electrons. The maximum atomic E-state index is 11.9. The number of aryl methyl sites for hydroxylation is 1. The van der Waals surface area contributed by atoms with Gasteiger partial charge in [-0.1, -0.05) is 22.7 Å². The number of nitrogens with zero attached hydrogens (tertiary/aromatic N) is 3. The van der Waals surface area contributed by atoms with Crippen molar-refractivity contribution in [3.63, 3.8) is 0 Å². The fourth-order valence-corrected chi connectivity index (χ4v) is 2.61. The van der Waals surface area contributed by atoms with Crippen molar-refractivity contribution in [2.24, 2.45) is 0 Å². The number of para-hydroxylation sites is 1. The molecule has 0 aliphatic carbocycles. The van der Waals surface area contributed by atoms with Gasteiger partial charge in [0.1, 0.15) is 22.8 Å². The molecule has 3 aromatic rings. The molecule has 1 N–H and O–H groups in total. The predicted octanol–water partition coefficient (Wildman–Crippen LogP) is 2.20. The van der Waals surface area contributed by atoms with E-state index in [1.165, 1.54) is 0 Å². The minimum atomic E-state index is -0.174. The van der Waals surface area contributed by atoms with Gasteiger partial charge in [-0.15, -0.1) is 5.10 Å². The van der Waals surface area contributed by atoms with Crippen LogP contribution in [0.3, 0.4) is 0 Å². The van der Waals surface area contributed by atoms with E-state index in [1.54, 1.807) is 13.1 Å². The van der Waals surface area contributed by atoms with E-state index in [0.29, 0.717) is 29.5 Å². The van der Waals surface area contributed by atoms with Gasteiger partial charge < -0.3 is 10.1 Å². The molecule has 0 radical (unpaired) electrons. The van der Waals surface area contributed by atoms with Crippen LogP contribution >= 0.6 is 11.5 Å². The number of carbonyl (C=O) groups excluding carboxylic acids is 1. The molecule has 22 heavy (non-hydrogen) atoms. The Hall–Kier alpha value is -2.54. The first-order valence-corrected chi connectivity index (χ1v) is 7.57. The van der Waals surface area contributed by atoms with E-state index in [9.17, 15) is 4.79 Å². The Morgan fingerprint density at radius 1 is 1.32 bits per heavy atom. The van der Waals surface area contributed by atoms with Crippen LogP contribution in [0.4, 0.5) is 0 Å². The largest absolute Gasteiger partial charge is 0.489 e. The van der Waals surface area contributed by atoms with Crippen molar-refractivity contribution >= 4 is 28.3 Å². The molecule has 2 aromatic heterocycles. The van der Waals surface area contributed by atoms with Crippen LogP contribution < -0.4 is 10.1 Å². The molecular formula is C15H14N4O2S. The zero-order chi connectivity index (χ0) is 15.4. The standard InChI is InChI=1S/C15H14N4O2S/c1-10-14(22-19-18-10)15(20)17-8-9-21-12-6-2-4-11-5-3-7-16-13(11)12/h2-7H,8-9H2,1H3,(H,17,20). The number of hydrogen-bond acceptors (Lipinski definition) is 6. The average molecular weight is 314 g/mol. The summed E-state index contributed by atoms with van der Waals surface area (Å²) in [6.45, 7) is 2.53. The molecule has 0 saturated carbocycles. The number of nitrogens with one attached hydrogen (secondary N) is 1. The van der Waals surface area contributed by atoms with Crippen LogP contribution in [-0.2, 0) is 0 Å². The molecule has 0 spiro atoms. The van der Waals surface area contributed by atoms with Crippen LogP contribution in [0.2, 0.25) is 0 Å². The van der Waals surface area contributed by atoms with E-state index in [4.69, 9.17) is 4.74 Å². The van der Waals surface area contributed by atoms with E-state index < -0.39 is 0 Å². The third kappa shape index (κ3) is 3.04. The molecule has 0 aliphatic heterocycles. The summed E-state index contributed by atoms with van der Waals surface area (Å²) in [5.41, 5.74) is 1.46. The molecule has 2 heterocycles. The minimum absolute atomic E-state index is 0.174. The summed E-state index contributed by atoms with van der Waals surface area (Å²) >= 11 is 1.09. The van der Waals surface area contributed by atoms with E-state index >= 15 is 0 Å². The molecule has 0 bridgehead atoms. The van der Waals surface area contributed by atoms with Gasteiger partial charge in [0.15, 0.2) is 0 Å². The van der Waals surface area contributed by atoms with Gasteiger partial charge in [0.25, 0.3) is 5.91 Å². The third-order valence-corrected chi connectivity index (χ3v) is 3.93. The normalized spacial score (nSPS) is 10.6. The first-order valence-electron chi connectivity index (χ1n) is 6.79. The van der Waals surface area contributed by atoms with Crippen LogP contribution in [0.1, 0.15) is 15.4 Å². The lowest BCUT2D eigenvalue weighted by atomic mass is 10.2. The lowest BCUT2D eigenvalue weighted by molar-refractivity contribution is 0.0950. The Morgan fingerprint density at radius 3 is 3.00 bits per heavy atom. The number of fused-ring (bicyclic) bond motifs is 1. The second kappa shape index (κ2) is 6.48. The number of amides is 1. The molecule has 0 aliphatic rings. The summed E-state index contributed by atoms with van der Waals surface area (Å²) in [6, 6.07) is 9.64. The van der Waals surface area contributed by atoms with Crippen molar-refractivity contribution in [2.75, 3.05) is 13.2 Å². The van der Waals surface area contributed by atoms with Gasteiger partial charge in [-0.25, -0.2) is 0 Å². The van der Waals surface area contributed by atoms with Crippen molar-refractivity contribution in [3.05, 3.63) is 47.1 Å². The van der Waals surface area contributed by atoms with Crippen LogP contribution in [0.5, 0.6) is 5.75 Å². The van der Waals surface area contributed by atoms with Crippen molar-refractivity contribution in [1.29, 1.82) is 0 Å². The molecule has 3 rings (SSSR count). The van der Waals surface area contributed by atoms with Gasteiger partial charge in [0.05, 0.1) is 12.2 Å². The molecule has 1 amide bonds. The smallest absolute Gasteiger partial charge is 0.265 e. The van der Waals surface area contributed by atoms with Crippen molar-refractivity contribution < 1.29 is 9.53 Å². The Balaban J connectivity index is 1.57. The number of carbonyl (C=O) groups is 1. The van der Waals surface area contributed by atoms with Crippen LogP contribution in [0, 0.1) is 6.92 Å². The van der Waals surface area contributed by atoms with Crippen molar-refractivity contribution in [3.8, 4) is 5.75 Å². The molecule has 1 aromatic carbocycles. The zero-order valence-electron chi connectivity index (χ0n) is 11.9. The Bertz CT molecular complexity index is 798. The first kappa shape index (κ1) is 14.4. The molecule has 6 nitrogen and oxygen atoms in total. The fourth-order valence-electron chi connectivity index (χ4n) is 2.04. The summed E-state index contributed by atoms with van der Waals surface area (Å²) in [7, 11) is 0. The second-order valence-electron chi connectivity index (χ2n) is 4.62. The summed E-state index contributed by atoms with van der Waals surface area (Å²) in [4.78, 5) is 16.8. The highest BCUT2D eigenvalue weighted by atomic mass is 32.1. The highest BCUT2D eigenvalue weighted by Crippen LogP contribution is 2.22. The highest BCUT2D eigenvalue weighted by Gasteiger charge is 2.12. The summed E-state index contributed by atoms with van der Waals surface area (Å²) in [5, 5.41) is 7.63. The van der Waals surface area contributed by atoms with Crippen LogP contribution in [0.15, 0.2) is 36.5 Å². The molecule has 0 fully saturated rings. The number of pyridine rings is 1. The third-order valence-electron chi connectivity index (χ3n) is 3.10. The van der Waals surface area contributed by atoms with Gasteiger partial charge in [-0.05, 0) is 30.6 Å². The van der Waals surface area contributed by atoms with Crippen LogP contribution in [-0.4, -0.2) is 33.6 Å². The average Bonchev–Trinajstić information content (AvgIpc) is 2.97. The lowest BCUT2D eigenvalue weighted by Crippen LogP contribution is -2.28. The fraction of sp³-hybridized carbons (Fsp3) is 0.200. The molecule has 7 heteroatoms. The number of aromatic nitrogens is 3. The first-order chi connectivity index (χ1) is 10.8. The number of rotatable bonds is 5. The summed E-state index contributed by atoms with van der Waals surface area (Å²) in [5.74, 6) is 0.537. The highest BCUT2D eigenvalue weighted by molar-refractivity contribution is 7.07. The van der Waals surface area contributed by atoms with Crippen molar-refractivity contribution in [2.45, 2.75) is 6.92 Å². The Kier molecular flexibility index (Phi) is 4.24. The monoisotopic (exact) mass is 314 g/mol.